The Balaban J connectivity index is 1.21. The van der Waals surface area contributed by atoms with E-state index in [1.807, 2.05) is 72.2 Å². The van der Waals surface area contributed by atoms with E-state index in [2.05, 4.69) is 11.9 Å². The van der Waals surface area contributed by atoms with E-state index in [4.69, 9.17) is 30.8 Å². The minimum absolute atomic E-state index is 0.0227. The number of hydrogen-bond acceptors (Lipinski definition) is 7. The Labute approximate surface area is 276 Å². The molecule has 1 aromatic heterocycles. The van der Waals surface area contributed by atoms with E-state index in [0.717, 1.165) is 60.4 Å². The van der Waals surface area contributed by atoms with E-state index in [1.165, 1.54) is 0 Å². The van der Waals surface area contributed by atoms with Gasteiger partial charge in [0, 0.05) is 31.2 Å². The summed E-state index contributed by atoms with van der Waals surface area (Å²) in [7, 11) is 3.69. The van der Waals surface area contributed by atoms with Crippen molar-refractivity contribution in [3.8, 4) is 11.5 Å². The third-order valence-electron chi connectivity index (χ3n) is 9.35. The summed E-state index contributed by atoms with van der Waals surface area (Å²) >= 11 is 6.27. The lowest BCUT2D eigenvalue weighted by Gasteiger charge is -2.39. The summed E-state index contributed by atoms with van der Waals surface area (Å²) in [5.74, 6) is 2.75. The van der Waals surface area contributed by atoms with E-state index in [9.17, 15) is 9.59 Å². The van der Waals surface area contributed by atoms with Crippen LogP contribution >= 0.6 is 11.6 Å². The molecule has 244 valence electrons. The molecule has 1 saturated heterocycles. The van der Waals surface area contributed by atoms with Gasteiger partial charge in [-0.15, -0.1) is 0 Å². The Hall–Kier alpha value is -3.82. The smallest absolute Gasteiger partial charge is 0.248 e. The zero-order valence-corrected chi connectivity index (χ0v) is 27.8. The van der Waals surface area contributed by atoms with Crippen molar-refractivity contribution < 1.29 is 23.8 Å². The number of rotatable bonds is 9. The molecule has 1 aliphatic carbocycles. The second-order valence-electron chi connectivity index (χ2n) is 12.8. The molecule has 0 unspecified atom stereocenters. The maximum atomic E-state index is 13.9. The van der Waals surface area contributed by atoms with Gasteiger partial charge in [0.1, 0.15) is 12.4 Å². The van der Waals surface area contributed by atoms with E-state index < -0.39 is 6.04 Å². The van der Waals surface area contributed by atoms with Crippen LogP contribution in [0.2, 0.25) is 5.02 Å². The predicted molar refractivity (Wildman–Crippen MR) is 179 cm³/mol. The molecule has 9 nitrogen and oxygen atoms in total. The van der Waals surface area contributed by atoms with Crippen molar-refractivity contribution in [3.05, 3.63) is 76.4 Å². The highest BCUT2D eigenvalue weighted by Crippen LogP contribution is 2.44. The normalized spacial score (nSPS) is 21.7. The Morgan fingerprint density at radius 1 is 1.02 bits per heavy atom. The number of carbonyl (C=O) groups excluding carboxylic acids is 2. The zero-order valence-electron chi connectivity index (χ0n) is 27.1. The number of morpholine rings is 1. The number of pyridine rings is 1. The molecule has 3 aromatic rings. The molecular formula is C36H43ClN4O5. The van der Waals surface area contributed by atoms with Gasteiger partial charge in [0.25, 0.3) is 0 Å². The number of carbonyl (C=O) groups is 2. The number of fused-ring (bicyclic) bond motifs is 1. The van der Waals surface area contributed by atoms with Gasteiger partial charge in [-0.2, -0.15) is 0 Å². The first kappa shape index (κ1) is 32.1. The summed E-state index contributed by atoms with van der Waals surface area (Å²) in [6, 6.07) is 15.5. The van der Waals surface area contributed by atoms with Gasteiger partial charge < -0.3 is 24.0 Å². The van der Waals surface area contributed by atoms with E-state index >= 15 is 0 Å². The van der Waals surface area contributed by atoms with Gasteiger partial charge in [0.15, 0.2) is 11.5 Å². The molecule has 2 amide bonds. The zero-order chi connectivity index (χ0) is 32.4. The summed E-state index contributed by atoms with van der Waals surface area (Å²) in [5, 5.41) is 0.633. The standard InChI is InChI=1S/C36H43ClN4O5/c1-23(2)46-32-19-30-26(17-31(32)44-4)18-34(42)41(36(30)25-7-9-27(37)10-8-25)29-13-14-33(38-20-29)39(3)21-24-5-11-28(12-6-24)40-15-16-45-22-35(40)43/h7-10,13-14,17,19-20,23-24,28,36H,5-6,11-12,15-16,18,21-22H2,1-4H3/t24?,28?,36-/m0/s1. The highest BCUT2D eigenvalue weighted by Gasteiger charge is 2.37. The summed E-state index contributed by atoms with van der Waals surface area (Å²) in [5.41, 5.74) is 3.56. The molecule has 0 bridgehead atoms. The number of nitrogens with zero attached hydrogens (tertiary/aromatic N) is 4. The second kappa shape index (κ2) is 13.9. The molecule has 0 N–H and O–H groups in total. The third kappa shape index (κ3) is 6.81. The van der Waals surface area contributed by atoms with Gasteiger partial charge >= 0.3 is 0 Å². The van der Waals surface area contributed by atoms with Crippen molar-refractivity contribution in [2.75, 3.05) is 50.3 Å². The molecule has 0 radical (unpaired) electrons. The van der Waals surface area contributed by atoms with Crippen LogP contribution in [0.1, 0.15) is 62.3 Å². The van der Waals surface area contributed by atoms with Crippen LogP contribution in [-0.4, -0.2) is 74.3 Å². The molecule has 3 aliphatic rings. The number of hydrogen-bond donors (Lipinski definition) is 0. The predicted octanol–water partition coefficient (Wildman–Crippen LogP) is 6.06. The van der Waals surface area contributed by atoms with E-state index in [-0.39, 0.29) is 30.9 Å². The minimum Gasteiger partial charge on any atom is -0.493 e. The molecule has 1 saturated carbocycles. The topological polar surface area (TPSA) is 84.4 Å². The molecule has 46 heavy (non-hydrogen) atoms. The Kier molecular flexibility index (Phi) is 9.70. The molecule has 10 heteroatoms. The highest BCUT2D eigenvalue weighted by atomic mass is 35.5. The number of halogens is 1. The summed E-state index contributed by atoms with van der Waals surface area (Å²) in [6.07, 6.45) is 6.20. The average Bonchev–Trinajstić information content (AvgIpc) is 3.05. The first-order chi connectivity index (χ1) is 22.2. The van der Waals surface area contributed by atoms with Gasteiger partial charge in [-0.3, -0.25) is 14.5 Å². The van der Waals surface area contributed by atoms with Crippen molar-refractivity contribution in [1.82, 2.24) is 9.88 Å². The SMILES string of the molecule is COc1cc2c(cc1OC(C)C)[C@H](c1ccc(Cl)cc1)N(c1ccc(N(C)CC3CCC(N4CCOCC4=O)CC3)nc1)C(=O)C2. The molecule has 2 aromatic carbocycles. The largest absolute Gasteiger partial charge is 0.493 e. The number of benzene rings is 2. The fourth-order valence-corrected chi connectivity index (χ4v) is 7.24. The maximum absolute atomic E-state index is 13.9. The maximum Gasteiger partial charge on any atom is 0.248 e. The van der Waals surface area contributed by atoms with Gasteiger partial charge in [-0.25, -0.2) is 4.98 Å². The molecule has 1 atom stereocenters. The Bertz CT molecular complexity index is 1540. The molecule has 0 spiro atoms. The first-order valence-corrected chi connectivity index (χ1v) is 16.6. The lowest BCUT2D eigenvalue weighted by molar-refractivity contribution is -0.146. The molecular weight excluding hydrogens is 604 g/mol. The van der Waals surface area contributed by atoms with Crippen LogP contribution in [0.3, 0.4) is 0 Å². The lowest BCUT2D eigenvalue weighted by atomic mass is 9.85. The van der Waals surface area contributed by atoms with Gasteiger partial charge in [-0.1, -0.05) is 23.7 Å². The van der Waals surface area contributed by atoms with Crippen molar-refractivity contribution in [1.29, 1.82) is 0 Å². The van der Waals surface area contributed by atoms with Crippen LogP contribution in [-0.2, 0) is 20.7 Å². The van der Waals surface area contributed by atoms with Crippen LogP contribution in [0.15, 0.2) is 54.7 Å². The summed E-state index contributed by atoms with van der Waals surface area (Å²) in [4.78, 5) is 37.1. The number of amides is 2. The molecule has 3 heterocycles. The number of aromatic nitrogens is 1. The van der Waals surface area contributed by atoms with Crippen molar-refractivity contribution >= 4 is 34.9 Å². The molecule has 2 fully saturated rings. The first-order valence-electron chi connectivity index (χ1n) is 16.2. The van der Waals surface area contributed by atoms with Gasteiger partial charge in [0.05, 0.1) is 44.2 Å². The van der Waals surface area contributed by atoms with Gasteiger partial charge in [0.2, 0.25) is 11.8 Å². The minimum atomic E-state index is -0.396. The number of ether oxygens (including phenoxy) is 3. The summed E-state index contributed by atoms with van der Waals surface area (Å²) < 4.78 is 17.1. The number of methoxy groups -OCH3 is 1. The van der Waals surface area contributed by atoms with Crippen molar-refractivity contribution in [3.63, 3.8) is 0 Å². The Morgan fingerprint density at radius 2 is 1.78 bits per heavy atom. The molecule has 6 rings (SSSR count). The van der Waals surface area contributed by atoms with E-state index in [1.54, 1.807) is 13.3 Å². The second-order valence-corrected chi connectivity index (χ2v) is 13.3. The fraction of sp³-hybridized carbons (Fsp3) is 0.472. The van der Waals surface area contributed by atoms with Gasteiger partial charge in [-0.05, 0) is 98.5 Å². The van der Waals surface area contributed by atoms with Crippen LogP contribution in [0.5, 0.6) is 11.5 Å². The van der Waals surface area contributed by atoms with Crippen LogP contribution in [0, 0.1) is 5.92 Å². The van der Waals surface area contributed by atoms with Crippen LogP contribution in [0.25, 0.3) is 0 Å². The lowest BCUT2D eigenvalue weighted by Crippen LogP contribution is -2.49. The van der Waals surface area contributed by atoms with Crippen molar-refractivity contribution in [2.24, 2.45) is 5.92 Å². The van der Waals surface area contributed by atoms with Crippen LogP contribution < -0.4 is 19.3 Å². The quantitative estimate of drug-likeness (QED) is 0.279. The third-order valence-corrected chi connectivity index (χ3v) is 9.60. The average molecular weight is 647 g/mol. The fourth-order valence-electron chi connectivity index (χ4n) is 7.11. The Morgan fingerprint density at radius 3 is 2.43 bits per heavy atom. The monoisotopic (exact) mass is 646 g/mol. The summed E-state index contributed by atoms with van der Waals surface area (Å²) in [6.45, 7) is 6.40. The van der Waals surface area contributed by atoms with Crippen molar-refractivity contribution in [2.45, 2.75) is 64.1 Å². The van der Waals surface area contributed by atoms with E-state index in [0.29, 0.717) is 41.6 Å². The molecule has 2 aliphatic heterocycles. The van der Waals surface area contributed by atoms with Crippen LogP contribution in [0.4, 0.5) is 11.5 Å². The number of anilines is 2. The highest BCUT2D eigenvalue weighted by molar-refractivity contribution is 6.30.